The first-order valence-electron chi connectivity index (χ1n) is 6.14. The molecule has 9 heteroatoms. The van der Waals surface area contributed by atoms with Gasteiger partial charge in [-0.05, 0) is 13.0 Å². The van der Waals surface area contributed by atoms with Crippen LogP contribution in [0.25, 0.3) is 5.52 Å². The SMILES string of the molecule is C[C@@]1(O)[C@H](O)C(O)O[C@H]1c1cc(C#N)c2c(N)ncnn12. The fraction of sp³-hybridized carbons (Fsp3) is 0.417. The summed E-state index contributed by atoms with van der Waals surface area (Å²) < 4.78 is 6.52. The molecule has 1 unspecified atom stereocenters. The number of nitrogens with two attached hydrogens (primary N) is 1. The highest BCUT2D eigenvalue weighted by Gasteiger charge is 2.53. The largest absolute Gasteiger partial charge is 0.385 e. The van der Waals surface area contributed by atoms with Crippen molar-refractivity contribution in [3.05, 3.63) is 23.7 Å². The van der Waals surface area contributed by atoms with Gasteiger partial charge >= 0.3 is 0 Å². The maximum atomic E-state index is 10.4. The molecule has 4 atom stereocenters. The standard InChI is InChI=1S/C12H13N5O4/c1-12(20)8(18)11(19)21-9(12)6-2-5(3-13)7-10(14)15-4-16-17(6)7/h2,4,8-9,11,18-20H,1H3,(H2,14,15,16)/t8-,9+,11?,12-/m1/s1. The van der Waals surface area contributed by atoms with E-state index in [9.17, 15) is 20.6 Å². The number of hydrogen-bond acceptors (Lipinski definition) is 8. The van der Waals surface area contributed by atoms with Crippen LogP contribution < -0.4 is 5.73 Å². The van der Waals surface area contributed by atoms with Gasteiger partial charge in [-0.25, -0.2) is 9.50 Å². The number of aliphatic hydroxyl groups is 3. The van der Waals surface area contributed by atoms with Gasteiger partial charge in [0.15, 0.2) is 12.1 Å². The highest BCUT2D eigenvalue weighted by atomic mass is 16.6. The van der Waals surface area contributed by atoms with Gasteiger partial charge in [0.25, 0.3) is 0 Å². The average Bonchev–Trinajstić information content (AvgIpc) is 2.91. The summed E-state index contributed by atoms with van der Waals surface area (Å²) in [5.41, 5.74) is 4.77. The van der Waals surface area contributed by atoms with Gasteiger partial charge in [0.2, 0.25) is 0 Å². The number of anilines is 1. The Labute approximate surface area is 118 Å². The fourth-order valence-electron chi connectivity index (χ4n) is 2.53. The molecule has 0 aromatic carbocycles. The number of aliphatic hydroxyl groups excluding tert-OH is 2. The zero-order valence-corrected chi connectivity index (χ0v) is 11.0. The number of rotatable bonds is 1. The molecule has 9 nitrogen and oxygen atoms in total. The Morgan fingerprint density at radius 1 is 1.52 bits per heavy atom. The number of hydrogen-bond donors (Lipinski definition) is 4. The van der Waals surface area contributed by atoms with Gasteiger partial charge in [0.05, 0.1) is 11.3 Å². The number of ether oxygens (including phenoxy) is 1. The molecular weight excluding hydrogens is 278 g/mol. The number of nitrogen functional groups attached to an aromatic ring is 1. The van der Waals surface area contributed by atoms with Crippen LogP contribution >= 0.6 is 0 Å². The second kappa shape index (κ2) is 4.37. The van der Waals surface area contributed by atoms with Crippen LogP contribution in [0.3, 0.4) is 0 Å². The number of aromatic nitrogens is 3. The zero-order chi connectivity index (χ0) is 15.4. The lowest BCUT2D eigenvalue weighted by Crippen LogP contribution is -2.42. The van der Waals surface area contributed by atoms with Crippen LogP contribution in [0.5, 0.6) is 0 Å². The summed E-state index contributed by atoms with van der Waals surface area (Å²) in [7, 11) is 0. The van der Waals surface area contributed by atoms with Gasteiger partial charge in [0.1, 0.15) is 35.7 Å². The number of fused-ring (bicyclic) bond motifs is 1. The fourth-order valence-corrected chi connectivity index (χ4v) is 2.53. The minimum Gasteiger partial charge on any atom is -0.385 e. The summed E-state index contributed by atoms with van der Waals surface area (Å²) in [6, 6.07) is 3.40. The molecule has 0 bridgehead atoms. The lowest BCUT2D eigenvalue weighted by molar-refractivity contribution is -0.129. The van der Waals surface area contributed by atoms with Crippen LogP contribution in [0.1, 0.15) is 24.3 Å². The summed E-state index contributed by atoms with van der Waals surface area (Å²) >= 11 is 0. The third kappa shape index (κ3) is 1.78. The van der Waals surface area contributed by atoms with Crippen molar-refractivity contribution in [3.8, 4) is 6.07 Å². The molecule has 2 aromatic rings. The first kappa shape index (κ1) is 13.7. The Hall–Kier alpha value is -2.25. The maximum absolute atomic E-state index is 10.4. The van der Waals surface area contributed by atoms with E-state index in [4.69, 9.17) is 10.5 Å². The van der Waals surface area contributed by atoms with Gasteiger partial charge in [-0.3, -0.25) is 0 Å². The normalized spacial score (nSPS) is 32.4. The predicted octanol–water partition coefficient (Wildman–Crippen LogP) is -1.32. The Bertz CT molecular complexity index is 750. The van der Waals surface area contributed by atoms with Crippen LogP contribution in [0.4, 0.5) is 5.82 Å². The first-order valence-corrected chi connectivity index (χ1v) is 6.14. The van der Waals surface area contributed by atoms with Gasteiger partial charge in [-0.1, -0.05) is 0 Å². The van der Waals surface area contributed by atoms with Crippen LogP contribution in [0.15, 0.2) is 12.4 Å². The molecule has 21 heavy (non-hydrogen) atoms. The molecule has 1 saturated heterocycles. The summed E-state index contributed by atoms with van der Waals surface area (Å²) in [6.07, 6.45) is -2.91. The van der Waals surface area contributed by atoms with Crippen LogP contribution in [-0.4, -0.2) is 47.9 Å². The molecule has 2 aromatic heterocycles. The van der Waals surface area contributed by atoms with Crippen LogP contribution in [-0.2, 0) is 4.74 Å². The lowest BCUT2D eigenvalue weighted by atomic mass is 9.93. The third-order valence-corrected chi connectivity index (χ3v) is 3.67. The van der Waals surface area contributed by atoms with Crippen molar-refractivity contribution < 1.29 is 20.1 Å². The van der Waals surface area contributed by atoms with Crippen molar-refractivity contribution in [2.24, 2.45) is 0 Å². The molecule has 1 aliphatic rings. The summed E-state index contributed by atoms with van der Waals surface area (Å²) in [5, 5.41) is 42.9. The molecule has 110 valence electrons. The molecule has 1 fully saturated rings. The van der Waals surface area contributed by atoms with E-state index < -0.39 is 24.1 Å². The van der Waals surface area contributed by atoms with E-state index in [1.807, 2.05) is 6.07 Å². The van der Waals surface area contributed by atoms with E-state index in [0.717, 1.165) is 0 Å². The van der Waals surface area contributed by atoms with Crippen molar-refractivity contribution >= 4 is 11.3 Å². The Balaban J connectivity index is 2.23. The molecule has 0 spiro atoms. The van der Waals surface area contributed by atoms with E-state index in [1.54, 1.807) is 0 Å². The zero-order valence-electron chi connectivity index (χ0n) is 11.0. The molecule has 0 radical (unpaired) electrons. The molecule has 3 rings (SSSR count). The van der Waals surface area contributed by atoms with E-state index in [1.165, 1.54) is 23.8 Å². The average molecular weight is 291 g/mol. The highest BCUT2D eigenvalue weighted by Crippen LogP contribution is 2.41. The molecule has 1 aliphatic heterocycles. The minimum atomic E-state index is -1.75. The number of nitriles is 1. The summed E-state index contributed by atoms with van der Waals surface area (Å²) in [4.78, 5) is 3.81. The van der Waals surface area contributed by atoms with Crippen LogP contribution in [0.2, 0.25) is 0 Å². The van der Waals surface area contributed by atoms with Crippen molar-refractivity contribution in [2.75, 3.05) is 5.73 Å². The smallest absolute Gasteiger partial charge is 0.184 e. The first-order chi connectivity index (χ1) is 9.87. The third-order valence-electron chi connectivity index (χ3n) is 3.67. The van der Waals surface area contributed by atoms with Gasteiger partial charge in [-0.2, -0.15) is 10.4 Å². The molecule has 3 heterocycles. The van der Waals surface area contributed by atoms with Gasteiger partial charge in [0, 0.05) is 0 Å². The monoisotopic (exact) mass is 291 g/mol. The van der Waals surface area contributed by atoms with E-state index in [2.05, 4.69) is 10.1 Å². The molecular formula is C12H13N5O4. The van der Waals surface area contributed by atoms with E-state index in [-0.39, 0.29) is 22.6 Å². The maximum Gasteiger partial charge on any atom is 0.184 e. The second-order valence-corrected chi connectivity index (χ2v) is 5.08. The minimum absolute atomic E-state index is 0.103. The van der Waals surface area contributed by atoms with Crippen molar-refractivity contribution in [2.45, 2.75) is 31.0 Å². The van der Waals surface area contributed by atoms with Crippen LogP contribution in [0, 0.1) is 11.3 Å². The Morgan fingerprint density at radius 2 is 2.24 bits per heavy atom. The topological polar surface area (TPSA) is 150 Å². The molecule has 0 aliphatic carbocycles. The van der Waals surface area contributed by atoms with Gasteiger partial charge in [-0.15, -0.1) is 0 Å². The van der Waals surface area contributed by atoms with E-state index >= 15 is 0 Å². The lowest BCUT2D eigenvalue weighted by Gasteiger charge is -2.25. The summed E-state index contributed by atoms with van der Waals surface area (Å²) in [5.74, 6) is 0.103. The van der Waals surface area contributed by atoms with Gasteiger partial charge < -0.3 is 25.8 Å². The van der Waals surface area contributed by atoms with E-state index in [0.29, 0.717) is 0 Å². The predicted molar refractivity (Wildman–Crippen MR) is 68.6 cm³/mol. The van der Waals surface area contributed by atoms with Crippen molar-refractivity contribution in [3.63, 3.8) is 0 Å². The molecule has 5 N–H and O–H groups in total. The Kier molecular flexibility index (Phi) is 2.86. The van der Waals surface area contributed by atoms with Crippen molar-refractivity contribution in [1.29, 1.82) is 5.26 Å². The Morgan fingerprint density at radius 3 is 2.81 bits per heavy atom. The quantitative estimate of drug-likeness (QED) is 0.505. The number of nitrogens with zero attached hydrogens (tertiary/aromatic N) is 4. The molecule has 0 saturated carbocycles. The van der Waals surface area contributed by atoms with Crippen molar-refractivity contribution in [1.82, 2.24) is 14.6 Å². The summed E-state index contributed by atoms with van der Waals surface area (Å²) in [6.45, 7) is 1.33. The molecule has 0 amide bonds. The highest BCUT2D eigenvalue weighted by molar-refractivity contribution is 5.74. The second-order valence-electron chi connectivity index (χ2n) is 5.08.